The van der Waals surface area contributed by atoms with E-state index in [1.807, 2.05) is 6.07 Å². The Morgan fingerprint density at radius 1 is 1.14 bits per heavy atom. The van der Waals surface area contributed by atoms with Crippen LogP contribution in [0.4, 0.5) is 0 Å². The van der Waals surface area contributed by atoms with Crippen LogP contribution < -0.4 is 10.1 Å². The maximum Gasteiger partial charge on any atom is 0.119 e. The highest BCUT2D eigenvalue weighted by molar-refractivity contribution is 5.31. The predicted octanol–water partition coefficient (Wildman–Crippen LogP) is 4.14. The first kappa shape index (κ1) is 15.6. The second-order valence-electron chi connectivity index (χ2n) is 5.92. The van der Waals surface area contributed by atoms with Crippen LogP contribution in [0.1, 0.15) is 38.3 Å². The summed E-state index contributed by atoms with van der Waals surface area (Å²) in [5.74, 6) is 0.927. The van der Waals surface area contributed by atoms with Crippen molar-refractivity contribution in [1.82, 2.24) is 5.32 Å². The molecule has 1 heterocycles. The summed E-state index contributed by atoms with van der Waals surface area (Å²) >= 11 is 0. The van der Waals surface area contributed by atoms with Gasteiger partial charge in [0.05, 0.1) is 12.5 Å². The van der Waals surface area contributed by atoms with E-state index >= 15 is 0 Å². The molecule has 0 amide bonds. The molecular weight excluding hydrogens is 262 g/mol. The van der Waals surface area contributed by atoms with Gasteiger partial charge in [-0.15, -0.1) is 0 Å². The Morgan fingerprint density at radius 2 is 1.90 bits per heavy atom. The van der Waals surface area contributed by atoms with Crippen LogP contribution in [-0.2, 0) is 12.0 Å². The van der Waals surface area contributed by atoms with Crippen molar-refractivity contribution in [3.8, 4) is 5.75 Å². The Labute approximate surface area is 127 Å². The zero-order valence-electron chi connectivity index (χ0n) is 13.2. The fourth-order valence-electron chi connectivity index (χ4n) is 2.07. The van der Waals surface area contributed by atoms with E-state index in [-0.39, 0.29) is 5.41 Å². The Hall–Kier alpha value is -1.74. The molecule has 3 nitrogen and oxygen atoms in total. The molecule has 0 spiro atoms. The summed E-state index contributed by atoms with van der Waals surface area (Å²) < 4.78 is 10.8. The highest BCUT2D eigenvalue weighted by Gasteiger charge is 2.17. The number of furan rings is 1. The number of hydrogen-bond acceptors (Lipinski definition) is 3. The molecule has 1 aromatic carbocycles. The lowest BCUT2D eigenvalue weighted by molar-refractivity contribution is 0.313. The van der Waals surface area contributed by atoms with Gasteiger partial charge in [-0.1, -0.05) is 32.9 Å². The van der Waals surface area contributed by atoms with Gasteiger partial charge in [-0.25, -0.2) is 0 Å². The van der Waals surface area contributed by atoms with E-state index < -0.39 is 0 Å². The van der Waals surface area contributed by atoms with E-state index in [1.165, 1.54) is 5.56 Å². The van der Waals surface area contributed by atoms with Gasteiger partial charge in [-0.2, -0.15) is 0 Å². The number of ether oxygens (including phenoxy) is 1. The molecule has 0 unspecified atom stereocenters. The highest BCUT2D eigenvalue weighted by atomic mass is 16.5. The van der Waals surface area contributed by atoms with Crippen LogP contribution in [-0.4, -0.2) is 13.2 Å². The van der Waals surface area contributed by atoms with Crippen LogP contribution in [0.25, 0.3) is 0 Å². The topological polar surface area (TPSA) is 34.4 Å². The third kappa shape index (κ3) is 4.64. The molecule has 0 radical (unpaired) electrons. The smallest absolute Gasteiger partial charge is 0.119 e. The molecule has 3 heteroatoms. The van der Waals surface area contributed by atoms with Crippen molar-refractivity contribution in [2.75, 3.05) is 13.2 Å². The molecular formula is C18H25NO2. The molecule has 1 aromatic heterocycles. The molecule has 1 N–H and O–H groups in total. The summed E-state index contributed by atoms with van der Waals surface area (Å²) in [6.45, 7) is 9.03. The van der Waals surface area contributed by atoms with Crippen LogP contribution in [0.3, 0.4) is 0 Å². The lowest BCUT2D eigenvalue weighted by Gasteiger charge is -2.23. The molecule has 0 saturated carbocycles. The Morgan fingerprint density at radius 3 is 2.52 bits per heavy atom. The van der Waals surface area contributed by atoms with E-state index in [4.69, 9.17) is 9.15 Å². The molecule has 0 bridgehead atoms. The van der Waals surface area contributed by atoms with Gasteiger partial charge in [0, 0.05) is 18.7 Å². The van der Waals surface area contributed by atoms with Crippen LogP contribution in [0.15, 0.2) is 47.3 Å². The number of nitrogens with one attached hydrogen (secondary N) is 1. The van der Waals surface area contributed by atoms with Crippen molar-refractivity contribution in [2.45, 2.75) is 39.2 Å². The number of rotatable bonds is 8. The minimum absolute atomic E-state index is 0.227. The van der Waals surface area contributed by atoms with Crippen molar-refractivity contribution in [1.29, 1.82) is 0 Å². The fourth-order valence-corrected chi connectivity index (χ4v) is 2.07. The molecule has 0 aliphatic heterocycles. The molecule has 0 saturated heterocycles. The van der Waals surface area contributed by atoms with Crippen LogP contribution >= 0.6 is 0 Å². The zero-order valence-corrected chi connectivity index (χ0v) is 13.2. The molecule has 2 aromatic rings. The molecule has 2 rings (SSSR count). The fraction of sp³-hybridized carbons (Fsp3) is 0.444. The van der Waals surface area contributed by atoms with E-state index in [1.54, 1.807) is 12.5 Å². The first-order valence-corrected chi connectivity index (χ1v) is 7.57. The average molecular weight is 287 g/mol. The van der Waals surface area contributed by atoms with Crippen molar-refractivity contribution < 1.29 is 9.15 Å². The zero-order chi connectivity index (χ0) is 15.1. The maximum absolute atomic E-state index is 5.74. The van der Waals surface area contributed by atoms with Gasteiger partial charge in [0.15, 0.2) is 0 Å². The minimum atomic E-state index is 0.227. The highest BCUT2D eigenvalue weighted by Crippen LogP contribution is 2.27. The quantitative estimate of drug-likeness (QED) is 0.741. The van der Waals surface area contributed by atoms with E-state index in [2.05, 4.69) is 50.4 Å². The van der Waals surface area contributed by atoms with Gasteiger partial charge in [-0.05, 0) is 35.6 Å². The van der Waals surface area contributed by atoms with E-state index in [0.717, 1.165) is 30.8 Å². The molecule has 0 atom stereocenters. The minimum Gasteiger partial charge on any atom is -0.492 e. The summed E-state index contributed by atoms with van der Waals surface area (Å²) in [6, 6.07) is 10.4. The van der Waals surface area contributed by atoms with Gasteiger partial charge >= 0.3 is 0 Å². The van der Waals surface area contributed by atoms with Crippen molar-refractivity contribution >= 4 is 0 Å². The Kier molecular flexibility index (Phi) is 5.45. The van der Waals surface area contributed by atoms with Crippen molar-refractivity contribution in [2.24, 2.45) is 0 Å². The average Bonchev–Trinajstić information content (AvgIpc) is 3.01. The van der Waals surface area contributed by atoms with Gasteiger partial charge < -0.3 is 14.5 Å². The molecule has 0 aliphatic rings. The SMILES string of the molecule is CCC(C)(C)c1ccc(OCCNCc2ccoc2)cc1. The molecule has 114 valence electrons. The summed E-state index contributed by atoms with van der Waals surface area (Å²) in [4.78, 5) is 0. The van der Waals surface area contributed by atoms with Gasteiger partial charge in [0.25, 0.3) is 0 Å². The van der Waals surface area contributed by atoms with Crippen molar-refractivity contribution in [3.05, 3.63) is 54.0 Å². The van der Waals surface area contributed by atoms with Gasteiger partial charge in [0.1, 0.15) is 12.4 Å². The van der Waals surface area contributed by atoms with Gasteiger partial charge in [-0.3, -0.25) is 0 Å². The lowest BCUT2D eigenvalue weighted by atomic mass is 9.82. The van der Waals surface area contributed by atoms with E-state index in [0.29, 0.717) is 6.61 Å². The first-order chi connectivity index (χ1) is 10.1. The first-order valence-electron chi connectivity index (χ1n) is 7.57. The monoisotopic (exact) mass is 287 g/mol. The summed E-state index contributed by atoms with van der Waals surface area (Å²) in [5.41, 5.74) is 2.74. The van der Waals surface area contributed by atoms with Crippen LogP contribution in [0.2, 0.25) is 0 Å². The number of hydrogen-bond donors (Lipinski definition) is 1. The van der Waals surface area contributed by atoms with E-state index in [9.17, 15) is 0 Å². The number of benzene rings is 1. The third-order valence-electron chi connectivity index (χ3n) is 3.98. The Bertz CT molecular complexity index is 515. The predicted molar refractivity (Wildman–Crippen MR) is 85.7 cm³/mol. The van der Waals surface area contributed by atoms with Crippen molar-refractivity contribution in [3.63, 3.8) is 0 Å². The third-order valence-corrected chi connectivity index (χ3v) is 3.98. The largest absolute Gasteiger partial charge is 0.492 e. The summed E-state index contributed by atoms with van der Waals surface area (Å²) in [7, 11) is 0. The molecule has 0 fully saturated rings. The Balaban J connectivity index is 1.71. The summed E-state index contributed by atoms with van der Waals surface area (Å²) in [5, 5.41) is 3.32. The normalized spacial score (nSPS) is 11.6. The van der Waals surface area contributed by atoms with Crippen LogP contribution in [0.5, 0.6) is 5.75 Å². The molecule has 0 aliphatic carbocycles. The second-order valence-corrected chi connectivity index (χ2v) is 5.92. The molecule has 21 heavy (non-hydrogen) atoms. The van der Waals surface area contributed by atoms with Crippen LogP contribution in [0, 0.1) is 0 Å². The van der Waals surface area contributed by atoms with Gasteiger partial charge in [0.2, 0.25) is 0 Å². The summed E-state index contributed by atoms with van der Waals surface area (Å²) in [6.07, 6.45) is 4.57. The standard InChI is InChI=1S/C18H25NO2/c1-4-18(2,3)16-5-7-17(8-6-16)21-12-10-19-13-15-9-11-20-14-15/h5-9,11,14,19H,4,10,12-13H2,1-3H3. The second kappa shape index (κ2) is 7.32. The maximum atomic E-state index is 5.74. The lowest BCUT2D eigenvalue weighted by Crippen LogP contribution is -2.20.